The van der Waals surface area contributed by atoms with Crippen LogP contribution in [0.2, 0.25) is 0 Å². The largest absolute Gasteiger partial charge is 0.453 e. The van der Waals surface area contributed by atoms with Crippen LogP contribution in [0.5, 0.6) is 11.5 Å². The molecule has 0 radical (unpaired) electrons. The van der Waals surface area contributed by atoms with Gasteiger partial charge in [-0.3, -0.25) is 9.69 Å². The van der Waals surface area contributed by atoms with E-state index in [-0.39, 0.29) is 5.91 Å². The van der Waals surface area contributed by atoms with E-state index in [1.165, 1.54) is 11.8 Å². The van der Waals surface area contributed by atoms with Crippen molar-refractivity contribution in [1.82, 2.24) is 19.5 Å². The first-order chi connectivity index (χ1) is 18.0. The summed E-state index contributed by atoms with van der Waals surface area (Å²) in [5.74, 6) is 1.30. The van der Waals surface area contributed by atoms with Crippen LogP contribution < -0.4 is 20.3 Å². The van der Waals surface area contributed by atoms with Gasteiger partial charge in [0.15, 0.2) is 11.4 Å². The Morgan fingerprint density at radius 2 is 1.81 bits per heavy atom. The van der Waals surface area contributed by atoms with E-state index in [4.69, 9.17) is 4.74 Å². The molecule has 0 unspecified atom stereocenters. The Morgan fingerprint density at radius 1 is 1.03 bits per heavy atom. The summed E-state index contributed by atoms with van der Waals surface area (Å²) in [4.78, 5) is 21.2. The van der Waals surface area contributed by atoms with Crippen LogP contribution in [0.1, 0.15) is 13.8 Å². The number of benzene rings is 2. The average Bonchev–Trinajstić information content (AvgIpc) is 3.33. The number of carbonyl (C=O) groups excluding carboxylic acids is 1. The predicted molar refractivity (Wildman–Crippen MR) is 147 cm³/mol. The second kappa shape index (κ2) is 10.7. The molecule has 2 aromatic heterocycles. The first kappa shape index (κ1) is 24.3. The first-order valence-electron chi connectivity index (χ1n) is 12.4. The number of amides is 1. The summed E-state index contributed by atoms with van der Waals surface area (Å²) in [6, 6.07) is 19.8. The van der Waals surface area contributed by atoms with E-state index in [1.54, 1.807) is 22.7 Å². The predicted octanol–water partition coefficient (Wildman–Crippen LogP) is 4.92. The maximum Gasteiger partial charge on any atom is 0.247 e. The number of nitrogens with one attached hydrogen (secondary N) is 2. The lowest BCUT2D eigenvalue weighted by molar-refractivity contribution is -0.111. The molecule has 1 aliphatic heterocycles. The molecule has 5 rings (SSSR count). The average molecular weight is 498 g/mol. The van der Waals surface area contributed by atoms with Crippen molar-refractivity contribution < 1.29 is 9.53 Å². The van der Waals surface area contributed by atoms with Gasteiger partial charge < -0.3 is 20.3 Å². The zero-order valence-corrected chi connectivity index (χ0v) is 21.1. The molecule has 0 bridgehead atoms. The van der Waals surface area contributed by atoms with Crippen LogP contribution in [0.4, 0.5) is 23.0 Å². The van der Waals surface area contributed by atoms with Gasteiger partial charge in [-0.25, -0.2) is 4.52 Å². The van der Waals surface area contributed by atoms with Gasteiger partial charge in [-0.15, -0.1) is 5.10 Å². The van der Waals surface area contributed by atoms with Gasteiger partial charge in [0.25, 0.3) is 0 Å². The molecule has 1 amide bonds. The third-order valence-corrected chi connectivity index (χ3v) is 6.37. The Kier molecular flexibility index (Phi) is 7.04. The fraction of sp³-hybridized carbons (Fsp3) is 0.250. The van der Waals surface area contributed by atoms with Crippen LogP contribution >= 0.6 is 0 Å². The Bertz CT molecular complexity index is 1390. The minimum atomic E-state index is -0.283. The van der Waals surface area contributed by atoms with Gasteiger partial charge in [0.2, 0.25) is 11.9 Å². The molecule has 3 heterocycles. The van der Waals surface area contributed by atoms with E-state index >= 15 is 0 Å². The quantitative estimate of drug-likeness (QED) is 0.334. The van der Waals surface area contributed by atoms with Crippen molar-refractivity contribution in [2.24, 2.45) is 0 Å². The van der Waals surface area contributed by atoms with E-state index in [2.05, 4.69) is 75.2 Å². The van der Waals surface area contributed by atoms with Crippen molar-refractivity contribution in [3.63, 3.8) is 0 Å². The number of nitrogens with zero attached hydrogens (tertiary/aromatic N) is 5. The van der Waals surface area contributed by atoms with E-state index in [0.717, 1.165) is 31.9 Å². The molecule has 0 atom stereocenters. The Hall–Kier alpha value is -4.37. The highest BCUT2D eigenvalue weighted by Crippen LogP contribution is 2.28. The summed E-state index contributed by atoms with van der Waals surface area (Å²) in [6.07, 6.45) is 3.04. The number of piperazine rings is 1. The third kappa shape index (κ3) is 5.73. The first-order valence-corrected chi connectivity index (χ1v) is 12.4. The molecule has 9 nitrogen and oxygen atoms in total. The van der Waals surface area contributed by atoms with Gasteiger partial charge in [0, 0.05) is 61.5 Å². The summed E-state index contributed by atoms with van der Waals surface area (Å²) in [7, 11) is 0. The minimum absolute atomic E-state index is 0.283. The van der Waals surface area contributed by atoms with Crippen LogP contribution in [0.3, 0.4) is 0 Å². The van der Waals surface area contributed by atoms with E-state index in [0.29, 0.717) is 34.8 Å². The van der Waals surface area contributed by atoms with Crippen LogP contribution in [-0.2, 0) is 4.79 Å². The molecule has 37 heavy (non-hydrogen) atoms. The molecule has 0 aliphatic carbocycles. The van der Waals surface area contributed by atoms with Crippen LogP contribution in [-0.4, -0.2) is 57.6 Å². The molecule has 9 heteroatoms. The molecule has 0 spiro atoms. The van der Waals surface area contributed by atoms with Crippen LogP contribution in [0.25, 0.3) is 5.65 Å². The normalized spacial score (nSPS) is 14.1. The molecular formula is C28H31N7O2. The molecule has 2 aromatic carbocycles. The fourth-order valence-corrected chi connectivity index (χ4v) is 4.35. The number of pyridine rings is 1. The molecule has 1 saturated heterocycles. The minimum Gasteiger partial charge on any atom is -0.453 e. The maximum absolute atomic E-state index is 11.6. The van der Waals surface area contributed by atoms with Gasteiger partial charge in [-0.1, -0.05) is 12.6 Å². The van der Waals surface area contributed by atoms with E-state index in [1.807, 2.05) is 24.4 Å². The fourth-order valence-electron chi connectivity index (χ4n) is 4.35. The summed E-state index contributed by atoms with van der Waals surface area (Å²) < 4.78 is 7.75. The summed E-state index contributed by atoms with van der Waals surface area (Å²) in [6.45, 7) is 12.2. The highest BCUT2D eigenvalue weighted by Gasteiger charge is 2.19. The SMILES string of the molecule is C=CC(=O)Nc1cccc(Oc2cccn3nc(Nc4ccc(N5CCN(C(C)C)CC5)cc4)nc23)c1. The number of hydrogen-bond acceptors (Lipinski definition) is 7. The monoisotopic (exact) mass is 497 g/mol. The zero-order chi connectivity index (χ0) is 25.8. The number of hydrogen-bond donors (Lipinski definition) is 2. The van der Waals surface area contributed by atoms with Crippen molar-refractivity contribution in [2.45, 2.75) is 19.9 Å². The van der Waals surface area contributed by atoms with Gasteiger partial charge in [0.05, 0.1) is 0 Å². The number of carbonyl (C=O) groups is 1. The van der Waals surface area contributed by atoms with Crippen molar-refractivity contribution in [1.29, 1.82) is 0 Å². The summed E-state index contributed by atoms with van der Waals surface area (Å²) in [5.41, 5.74) is 3.32. The molecule has 190 valence electrons. The third-order valence-electron chi connectivity index (χ3n) is 6.37. The second-order valence-corrected chi connectivity index (χ2v) is 9.19. The number of aromatic nitrogens is 3. The van der Waals surface area contributed by atoms with Gasteiger partial charge in [-0.2, -0.15) is 4.98 Å². The van der Waals surface area contributed by atoms with Gasteiger partial charge in [-0.05, 0) is 68.5 Å². The molecular weight excluding hydrogens is 466 g/mol. The van der Waals surface area contributed by atoms with Crippen LogP contribution in [0.15, 0.2) is 79.5 Å². The lowest BCUT2D eigenvalue weighted by atomic mass is 10.2. The lowest BCUT2D eigenvalue weighted by Gasteiger charge is -2.38. The maximum atomic E-state index is 11.6. The highest BCUT2D eigenvalue weighted by molar-refractivity contribution is 5.98. The summed E-state index contributed by atoms with van der Waals surface area (Å²) >= 11 is 0. The summed E-state index contributed by atoms with van der Waals surface area (Å²) in [5, 5.41) is 10.6. The number of ether oxygens (including phenoxy) is 1. The number of rotatable bonds is 8. The van der Waals surface area contributed by atoms with Crippen molar-refractivity contribution in [3.8, 4) is 11.5 Å². The van der Waals surface area contributed by atoms with Crippen molar-refractivity contribution in [3.05, 3.63) is 79.5 Å². The Morgan fingerprint density at radius 3 is 2.54 bits per heavy atom. The molecule has 1 fully saturated rings. The molecule has 1 aliphatic rings. The smallest absolute Gasteiger partial charge is 0.247 e. The highest BCUT2D eigenvalue weighted by atomic mass is 16.5. The van der Waals surface area contributed by atoms with Crippen molar-refractivity contribution in [2.75, 3.05) is 41.7 Å². The Balaban J connectivity index is 1.27. The van der Waals surface area contributed by atoms with Crippen LogP contribution in [0, 0.1) is 0 Å². The second-order valence-electron chi connectivity index (χ2n) is 9.19. The van der Waals surface area contributed by atoms with Crippen molar-refractivity contribution >= 4 is 34.6 Å². The lowest BCUT2D eigenvalue weighted by Crippen LogP contribution is -2.48. The van der Waals surface area contributed by atoms with E-state index < -0.39 is 0 Å². The topological polar surface area (TPSA) is 87.0 Å². The standard InChI is InChI=1S/C28H31N7O2/c1-4-26(36)29-22-7-5-8-24(19-22)37-25-9-6-14-35-27(25)31-28(32-35)30-21-10-12-23(13-11-21)34-17-15-33(16-18-34)20(2)3/h4-14,19-20H,1,15-18H2,2-3H3,(H,29,36)(H,30,32). The molecule has 0 saturated carbocycles. The van der Waals surface area contributed by atoms with Gasteiger partial charge >= 0.3 is 0 Å². The number of anilines is 4. The van der Waals surface area contributed by atoms with E-state index in [9.17, 15) is 4.79 Å². The zero-order valence-electron chi connectivity index (χ0n) is 21.1. The Labute approximate surface area is 216 Å². The number of fused-ring (bicyclic) bond motifs is 1. The molecule has 2 N–H and O–H groups in total. The molecule has 4 aromatic rings. The van der Waals surface area contributed by atoms with Gasteiger partial charge in [0.1, 0.15) is 5.75 Å².